The van der Waals surface area contributed by atoms with Crippen molar-refractivity contribution in [2.45, 2.75) is 18.4 Å². The summed E-state index contributed by atoms with van der Waals surface area (Å²) in [4.78, 5) is 0. The van der Waals surface area contributed by atoms with E-state index in [1.807, 2.05) is 17.9 Å². The van der Waals surface area contributed by atoms with Crippen molar-refractivity contribution in [1.29, 1.82) is 0 Å². The second-order valence-corrected chi connectivity index (χ2v) is 3.71. The molecule has 4 heteroatoms. The summed E-state index contributed by atoms with van der Waals surface area (Å²) in [6.45, 7) is 2.02. The van der Waals surface area contributed by atoms with E-state index in [1.54, 1.807) is 0 Å². The molecule has 0 bridgehead atoms. The number of hydrogen-bond acceptors (Lipinski definition) is 3. The number of nitrogens with one attached hydrogen (secondary N) is 1. The van der Waals surface area contributed by atoms with E-state index >= 15 is 0 Å². The Morgan fingerprint density at radius 2 is 2.54 bits per heavy atom. The molecule has 0 radical (unpaired) electrons. The third kappa shape index (κ3) is 1.73. The molecule has 0 aliphatic carbocycles. The van der Waals surface area contributed by atoms with Crippen molar-refractivity contribution in [1.82, 2.24) is 15.1 Å². The standard InChI is InChI=1S/C9H16N4/c1-13-6-7(4-12-13)8-5-11-3-2-9(8)10/h4,6,8-9,11H,2-3,5,10H2,1H3. The fourth-order valence-corrected chi connectivity index (χ4v) is 1.88. The lowest BCUT2D eigenvalue weighted by Crippen LogP contribution is -2.43. The summed E-state index contributed by atoms with van der Waals surface area (Å²) in [5.41, 5.74) is 7.30. The summed E-state index contributed by atoms with van der Waals surface area (Å²) >= 11 is 0. The zero-order valence-corrected chi connectivity index (χ0v) is 7.90. The number of aromatic nitrogens is 2. The third-order valence-electron chi connectivity index (χ3n) is 2.69. The number of piperidine rings is 1. The van der Waals surface area contributed by atoms with Crippen LogP contribution in [0, 0.1) is 0 Å². The van der Waals surface area contributed by atoms with E-state index in [0.717, 1.165) is 19.5 Å². The van der Waals surface area contributed by atoms with E-state index in [-0.39, 0.29) is 6.04 Å². The Hall–Kier alpha value is -0.870. The van der Waals surface area contributed by atoms with Crippen molar-refractivity contribution in [3.05, 3.63) is 18.0 Å². The average Bonchev–Trinajstić information content (AvgIpc) is 2.53. The lowest BCUT2D eigenvalue weighted by molar-refractivity contribution is 0.403. The summed E-state index contributed by atoms with van der Waals surface area (Å²) < 4.78 is 1.83. The van der Waals surface area contributed by atoms with Gasteiger partial charge in [-0.05, 0) is 18.5 Å². The molecule has 2 atom stereocenters. The molecule has 1 saturated heterocycles. The number of rotatable bonds is 1. The van der Waals surface area contributed by atoms with Crippen molar-refractivity contribution in [2.75, 3.05) is 13.1 Å². The van der Waals surface area contributed by atoms with Crippen LogP contribution in [0.2, 0.25) is 0 Å². The average molecular weight is 180 g/mol. The molecule has 1 aromatic rings. The first-order valence-electron chi connectivity index (χ1n) is 4.72. The summed E-state index contributed by atoms with van der Waals surface area (Å²) in [6.07, 6.45) is 5.02. The van der Waals surface area contributed by atoms with Gasteiger partial charge in [-0.15, -0.1) is 0 Å². The SMILES string of the molecule is Cn1cc(C2CNCCC2N)cn1. The van der Waals surface area contributed by atoms with Crippen LogP contribution in [0.15, 0.2) is 12.4 Å². The normalized spacial score (nSPS) is 29.1. The molecule has 1 fully saturated rings. The van der Waals surface area contributed by atoms with Crippen LogP contribution in [0.5, 0.6) is 0 Å². The van der Waals surface area contributed by atoms with Gasteiger partial charge >= 0.3 is 0 Å². The lowest BCUT2D eigenvalue weighted by atomic mass is 9.89. The van der Waals surface area contributed by atoms with Crippen LogP contribution in [0.1, 0.15) is 17.9 Å². The fourth-order valence-electron chi connectivity index (χ4n) is 1.88. The van der Waals surface area contributed by atoms with Gasteiger partial charge in [0.1, 0.15) is 0 Å². The summed E-state index contributed by atoms with van der Waals surface area (Å²) in [7, 11) is 1.94. The molecule has 1 aromatic heterocycles. The van der Waals surface area contributed by atoms with Crippen LogP contribution in [0.4, 0.5) is 0 Å². The smallest absolute Gasteiger partial charge is 0.0525 e. The van der Waals surface area contributed by atoms with Crippen LogP contribution in [-0.2, 0) is 7.05 Å². The first-order chi connectivity index (χ1) is 6.27. The van der Waals surface area contributed by atoms with Gasteiger partial charge in [-0.2, -0.15) is 5.10 Å². The topological polar surface area (TPSA) is 55.9 Å². The highest BCUT2D eigenvalue weighted by Crippen LogP contribution is 2.21. The molecule has 2 heterocycles. The van der Waals surface area contributed by atoms with Gasteiger partial charge in [0.05, 0.1) is 6.20 Å². The largest absolute Gasteiger partial charge is 0.327 e. The van der Waals surface area contributed by atoms with Crippen LogP contribution in [0.3, 0.4) is 0 Å². The first-order valence-corrected chi connectivity index (χ1v) is 4.72. The quantitative estimate of drug-likeness (QED) is 0.630. The number of hydrogen-bond donors (Lipinski definition) is 2. The Bertz CT molecular complexity index is 281. The van der Waals surface area contributed by atoms with E-state index in [4.69, 9.17) is 5.73 Å². The van der Waals surface area contributed by atoms with E-state index in [9.17, 15) is 0 Å². The predicted molar refractivity (Wildman–Crippen MR) is 51.4 cm³/mol. The number of nitrogens with two attached hydrogens (primary N) is 1. The van der Waals surface area contributed by atoms with E-state index in [0.29, 0.717) is 5.92 Å². The summed E-state index contributed by atoms with van der Waals surface area (Å²) in [5, 5.41) is 7.52. The zero-order chi connectivity index (χ0) is 9.26. The minimum atomic E-state index is 0.283. The van der Waals surface area contributed by atoms with Gasteiger partial charge < -0.3 is 11.1 Å². The molecule has 2 unspecified atom stereocenters. The van der Waals surface area contributed by atoms with E-state index in [1.165, 1.54) is 5.56 Å². The highest BCUT2D eigenvalue weighted by molar-refractivity contribution is 5.15. The van der Waals surface area contributed by atoms with Crippen molar-refractivity contribution < 1.29 is 0 Å². The maximum atomic E-state index is 6.04. The van der Waals surface area contributed by atoms with Crippen molar-refractivity contribution in [2.24, 2.45) is 12.8 Å². The highest BCUT2D eigenvalue weighted by Gasteiger charge is 2.23. The molecule has 72 valence electrons. The van der Waals surface area contributed by atoms with Gasteiger partial charge in [-0.25, -0.2) is 0 Å². The number of nitrogens with zero attached hydrogens (tertiary/aromatic N) is 2. The Labute approximate surface area is 78.1 Å². The summed E-state index contributed by atoms with van der Waals surface area (Å²) in [6, 6.07) is 0.283. The highest BCUT2D eigenvalue weighted by atomic mass is 15.2. The zero-order valence-electron chi connectivity index (χ0n) is 7.90. The van der Waals surface area contributed by atoms with Crippen molar-refractivity contribution in [3.63, 3.8) is 0 Å². The van der Waals surface area contributed by atoms with E-state index in [2.05, 4.69) is 16.6 Å². The third-order valence-corrected chi connectivity index (χ3v) is 2.69. The molecule has 0 aromatic carbocycles. The van der Waals surface area contributed by atoms with Crippen LogP contribution >= 0.6 is 0 Å². The fraction of sp³-hybridized carbons (Fsp3) is 0.667. The molecular formula is C9H16N4. The molecule has 4 nitrogen and oxygen atoms in total. The second-order valence-electron chi connectivity index (χ2n) is 3.71. The minimum absolute atomic E-state index is 0.283. The molecule has 2 rings (SSSR count). The van der Waals surface area contributed by atoms with Crippen LogP contribution in [-0.4, -0.2) is 28.9 Å². The van der Waals surface area contributed by atoms with Crippen molar-refractivity contribution >= 4 is 0 Å². The van der Waals surface area contributed by atoms with Gasteiger partial charge in [0, 0.05) is 31.7 Å². The van der Waals surface area contributed by atoms with Crippen LogP contribution in [0.25, 0.3) is 0 Å². The molecule has 3 N–H and O–H groups in total. The van der Waals surface area contributed by atoms with Crippen LogP contribution < -0.4 is 11.1 Å². The monoisotopic (exact) mass is 180 g/mol. The molecule has 1 aliphatic heterocycles. The van der Waals surface area contributed by atoms with Gasteiger partial charge in [-0.1, -0.05) is 0 Å². The summed E-state index contributed by atoms with van der Waals surface area (Å²) in [5.74, 6) is 0.433. The van der Waals surface area contributed by atoms with Gasteiger partial charge in [-0.3, -0.25) is 4.68 Å². The molecule has 13 heavy (non-hydrogen) atoms. The lowest BCUT2D eigenvalue weighted by Gasteiger charge is -2.28. The van der Waals surface area contributed by atoms with Crippen molar-refractivity contribution in [3.8, 4) is 0 Å². The van der Waals surface area contributed by atoms with E-state index < -0.39 is 0 Å². The maximum Gasteiger partial charge on any atom is 0.0525 e. The Morgan fingerprint density at radius 3 is 3.15 bits per heavy atom. The Kier molecular flexibility index (Phi) is 2.33. The Balaban J connectivity index is 2.14. The Morgan fingerprint density at radius 1 is 1.69 bits per heavy atom. The minimum Gasteiger partial charge on any atom is -0.327 e. The van der Waals surface area contributed by atoms with Gasteiger partial charge in [0.25, 0.3) is 0 Å². The molecule has 0 spiro atoms. The van der Waals surface area contributed by atoms with Gasteiger partial charge in [0.15, 0.2) is 0 Å². The molecule has 0 saturated carbocycles. The molecular weight excluding hydrogens is 164 g/mol. The molecule has 1 aliphatic rings. The second kappa shape index (κ2) is 3.47. The predicted octanol–water partition coefficient (Wildman–Crippen LogP) is -0.176. The first kappa shape index (κ1) is 8.72. The molecule has 0 amide bonds. The maximum absolute atomic E-state index is 6.04. The number of aryl methyl sites for hydroxylation is 1. The van der Waals surface area contributed by atoms with Gasteiger partial charge in [0.2, 0.25) is 0 Å².